The second kappa shape index (κ2) is 10.9. The standard InChI is InChI=1S/C38H46/c1-22-12-28(7)33(15-25(22)4)18-36-20-37(19-34-16-26(5)23(2)13-29(34)8)32(11)38(31(36)10)21-35-17-27(6)24(3)14-30(35)9/h12-17,20H,18-19,21H2,1-11H3. The molecule has 0 spiro atoms. The molecule has 0 bridgehead atoms. The van der Waals surface area contributed by atoms with E-state index >= 15 is 0 Å². The van der Waals surface area contributed by atoms with Gasteiger partial charge in [-0.2, -0.15) is 0 Å². The third kappa shape index (κ3) is 5.65. The van der Waals surface area contributed by atoms with Gasteiger partial charge in [0.15, 0.2) is 0 Å². The molecule has 0 unspecified atom stereocenters. The third-order valence-corrected chi connectivity index (χ3v) is 9.20. The molecule has 0 fully saturated rings. The molecule has 4 rings (SSSR count). The van der Waals surface area contributed by atoms with Crippen LogP contribution in [0.2, 0.25) is 0 Å². The highest BCUT2D eigenvalue weighted by Gasteiger charge is 2.17. The van der Waals surface area contributed by atoms with Crippen molar-refractivity contribution in [3.05, 3.63) is 137 Å². The van der Waals surface area contributed by atoms with Crippen LogP contribution in [0.4, 0.5) is 0 Å². The van der Waals surface area contributed by atoms with Crippen molar-refractivity contribution in [2.75, 3.05) is 0 Å². The fourth-order valence-electron chi connectivity index (χ4n) is 5.96. The minimum absolute atomic E-state index is 0.983. The highest BCUT2D eigenvalue weighted by molar-refractivity contribution is 5.53. The van der Waals surface area contributed by atoms with Crippen LogP contribution in [0.25, 0.3) is 0 Å². The Morgan fingerprint density at radius 2 is 0.579 bits per heavy atom. The van der Waals surface area contributed by atoms with Crippen LogP contribution in [0.15, 0.2) is 42.5 Å². The molecule has 4 aromatic carbocycles. The summed E-state index contributed by atoms with van der Waals surface area (Å²) in [6.45, 7) is 24.9. The molecule has 0 N–H and O–H groups in total. The molecule has 0 aliphatic carbocycles. The lowest BCUT2D eigenvalue weighted by Crippen LogP contribution is -2.08. The minimum Gasteiger partial charge on any atom is -0.0558 e. The maximum absolute atomic E-state index is 2.52. The fourth-order valence-corrected chi connectivity index (χ4v) is 5.96. The van der Waals surface area contributed by atoms with Gasteiger partial charge in [-0.05, 0) is 190 Å². The molecule has 0 aliphatic heterocycles. The van der Waals surface area contributed by atoms with E-state index in [0.29, 0.717) is 0 Å². The second-order valence-corrected chi connectivity index (χ2v) is 12.0. The van der Waals surface area contributed by atoms with Gasteiger partial charge in [0.1, 0.15) is 0 Å². The molecule has 0 radical (unpaired) electrons. The minimum atomic E-state index is 0.983. The normalized spacial score (nSPS) is 11.3. The molecule has 0 heterocycles. The summed E-state index contributed by atoms with van der Waals surface area (Å²) in [7, 11) is 0. The zero-order valence-electron chi connectivity index (χ0n) is 25.7. The van der Waals surface area contributed by atoms with Gasteiger partial charge >= 0.3 is 0 Å². The molecule has 38 heavy (non-hydrogen) atoms. The van der Waals surface area contributed by atoms with Crippen molar-refractivity contribution in [3.63, 3.8) is 0 Å². The summed E-state index contributed by atoms with van der Waals surface area (Å²) in [5.41, 5.74) is 24.2. The SMILES string of the molecule is Cc1cc(C)c(Cc2cc(Cc3cc(C)c(C)cc3C)c(C)c(Cc3cc(C)c(C)cc3C)c2C)cc1C. The summed E-state index contributed by atoms with van der Waals surface area (Å²) >= 11 is 0. The van der Waals surface area contributed by atoms with Crippen molar-refractivity contribution in [2.24, 2.45) is 0 Å². The van der Waals surface area contributed by atoms with Crippen molar-refractivity contribution in [3.8, 4) is 0 Å². The zero-order chi connectivity index (χ0) is 27.9. The van der Waals surface area contributed by atoms with E-state index in [9.17, 15) is 0 Å². The number of aryl methyl sites for hydroxylation is 9. The molecule has 0 aliphatic rings. The third-order valence-electron chi connectivity index (χ3n) is 9.20. The fraction of sp³-hybridized carbons (Fsp3) is 0.368. The maximum atomic E-state index is 2.52. The molecule has 0 saturated heterocycles. The summed E-state index contributed by atoms with van der Waals surface area (Å²) in [6, 6.07) is 16.8. The Bertz CT molecular complexity index is 1440. The van der Waals surface area contributed by atoms with Gasteiger partial charge in [-0.1, -0.05) is 42.5 Å². The van der Waals surface area contributed by atoms with Gasteiger partial charge < -0.3 is 0 Å². The Morgan fingerprint density at radius 1 is 0.289 bits per heavy atom. The van der Waals surface area contributed by atoms with Crippen LogP contribution in [-0.2, 0) is 19.3 Å². The van der Waals surface area contributed by atoms with E-state index in [4.69, 9.17) is 0 Å². The summed E-state index contributed by atoms with van der Waals surface area (Å²) in [5, 5.41) is 0. The van der Waals surface area contributed by atoms with Crippen molar-refractivity contribution in [2.45, 2.75) is 95.4 Å². The molecule has 0 saturated carbocycles. The molecule has 0 nitrogen and oxygen atoms in total. The van der Waals surface area contributed by atoms with Gasteiger partial charge in [0.2, 0.25) is 0 Å². The topological polar surface area (TPSA) is 0 Å². The Kier molecular flexibility index (Phi) is 8.03. The number of rotatable bonds is 6. The van der Waals surface area contributed by atoms with Gasteiger partial charge in [-0.25, -0.2) is 0 Å². The smallest absolute Gasteiger partial charge is 0.00176 e. The Morgan fingerprint density at radius 3 is 0.921 bits per heavy atom. The van der Waals surface area contributed by atoms with E-state index in [-0.39, 0.29) is 0 Å². The van der Waals surface area contributed by atoms with Gasteiger partial charge in [-0.15, -0.1) is 0 Å². The van der Waals surface area contributed by atoms with Crippen LogP contribution in [0.1, 0.15) is 94.6 Å². The highest BCUT2D eigenvalue weighted by atomic mass is 14.2. The van der Waals surface area contributed by atoms with E-state index in [1.807, 2.05) is 0 Å². The van der Waals surface area contributed by atoms with Crippen LogP contribution >= 0.6 is 0 Å². The average molecular weight is 503 g/mol. The van der Waals surface area contributed by atoms with E-state index < -0.39 is 0 Å². The molecule has 0 amide bonds. The molecular weight excluding hydrogens is 456 g/mol. The molecule has 0 atom stereocenters. The van der Waals surface area contributed by atoms with Crippen molar-refractivity contribution >= 4 is 0 Å². The summed E-state index contributed by atoms with van der Waals surface area (Å²) in [4.78, 5) is 0. The summed E-state index contributed by atoms with van der Waals surface area (Å²) in [6.07, 6.45) is 2.96. The number of hydrogen-bond donors (Lipinski definition) is 0. The Hall–Kier alpha value is -3.12. The predicted octanol–water partition coefficient (Wildman–Crippen LogP) is 9.85. The van der Waals surface area contributed by atoms with Gasteiger partial charge in [-0.3, -0.25) is 0 Å². The first kappa shape index (κ1) is 27.9. The van der Waals surface area contributed by atoms with Gasteiger partial charge in [0.25, 0.3) is 0 Å². The highest BCUT2D eigenvalue weighted by Crippen LogP contribution is 2.31. The van der Waals surface area contributed by atoms with Crippen LogP contribution in [0.5, 0.6) is 0 Å². The maximum Gasteiger partial charge on any atom is -0.00176 e. The number of hydrogen-bond acceptors (Lipinski definition) is 0. The first-order valence-electron chi connectivity index (χ1n) is 14.2. The van der Waals surface area contributed by atoms with E-state index in [0.717, 1.165) is 19.3 Å². The lowest BCUT2D eigenvalue weighted by Gasteiger charge is -2.22. The van der Waals surface area contributed by atoms with Crippen molar-refractivity contribution in [1.29, 1.82) is 0 Å². The van der Waals surface area contributed by atoms with Crippen LogP contribution in [0, 0.1) is 76.2 Å². The van der Waals surface area contributed by atoms with E-state index in [1.54, 1.807) is 0 Å². The first-order chi connectivity index (χ1) is 17.8. The number of benzene rings is 4. The molecule has 0 heteroatoms. The van der Waals surface area contributed by atoms with E-state index in [2.05, 4.69) is 119 Å². The quantitative estimate of drug-likeness (QED) is 0.246. The van der Waals surface area contributed by atoms with Crippen LogP contribution in [-0.4, -0.2) is 0 Å². The van der Waals surface area contributed by atoms with Gasteiger partial charge in [0, 0.05) is 0 Å². The molecule has 0 aromatic heterocycles. The average Bonchev–Trinajstić information content (AvgIpc) is 2.84. The lowest BCUT2D eigenvalue weighted by molar-refractivity contribution is 1.01. The Labute approximate surface area is 232 Å². The monoisotopic (exact) mass is 502 g/mol. The van der Waals surface area contributed by atoms with Crippen LogP contribution < -0.4 is 0 Å². The predicted molar refractivity (Wildman–Crippen MR) is 166 cm³/mol. The van der Waals surface area contributed by atoms with Gasteiger partial charge in [0.05, 0.1) is 0 Å². The molecular formula is C38H46. The van der Waals surface area contributed by atoms with Crippen molar-refractivity contribution < 1.29 is 0 Å². The molecule has 198 valence electrons. The Balaban J connectivity index is 1.87. The first-order valence-corrected chi connectivity index (χ1v) is 14.2. The second-order valence-electron chi connectivity index (χ2n) is 12.0. The summed E-state index contributed by atoms with van der Waals surface area (Å²) in [5.74, 6) is 0. The summed E-state index contributed by atoms with van der Waals surface area (Å²) < 4.78 is 0. The van der Waals surface area contributed by atoms with Crippen molar-refractivity contribution in [1.82, 2.24) is 0 Å². The van der Waals surface area contributed by atoms with Crippen LogP contribution in [0.3, 0.4) is 0 Å². The lowest BCUT2D eigenvalue weighted by atomic mass is 9.83. The molecule has 4 aromatic rings. The van der Waals surface area contributed by atoms with E-state index in [1.165, 1.54) is 94.6 Å². The largest absolute Gasteiger partial charge is 0.0558 e. The zero-order valence-corrected chi connectivity index (χ0v) is 25.7.